The van der Waals surface area contributed by atoms with Gasteiger partial charge in [0, 0.05) is 16.4 Å². The maximum atomic E-state index is 11.9. The summed E-state index contributed by atoms with van der Waals surface area (Å²) in [6.45, 7) is 0.710. The lowest BCUT2D eigenvalue weighted by atomic mass is 10.1. The Labute approximate surface area is 228 Å². The first-order chi connectivity index (χ1) is 18.2. The first-order valence-electron chi connectivity index (χ1n) is 11.9. The predicted octanol–water partition coefficient (Wildman–Crippen LogP) is 6.52. The molecule has 4 aromatic carbocycles. The molecule has 2 N–H and O–H groups in total. The fourth-order valence-electron chi connectivity index (χ4n) is 3.97. The summed E-state index contributed by atoms with van der Waals surface area (Å²) in [6, 6.07) is 29.7. The van der Waals surface area contributed by atoms with Crippen LogP contribution in [0, 0.1) is 0 Å². The van der Waals surface area contributed by atoms with Gasteiger partial charge in [0.15, 0.2) is 0 Å². The van der Waals surface area contributed by atoms with E-state index in [1.807, 2.05) is 78.9 Å². The molecule has 38 heavy (non-hydrogen) atoms. The minimum absolute atomic E-state index is 0.0841. The predicted molar refractivity (Wildman–Crippen MR) is 152 cm³/mol. The fourth-order valence-corrected chi connectivity index (χ4v) is 4.66. The summed E-state index contributed by atoms with van der Waals surface area (Å²) in [4.78, 5) is 2.09. The minimum atomic E-state index is -3.60. The number of anilines is 3. The molecule has 198 valence electrons. The van der Waals surface area contributed by atoms with Crippen molar-refractivity contribution in [2.75, 3.05) is 29.5 Å². The molecule has 0 amide bonds. The summed E-state index contributed by atoms with van der Waals surface area (Å²) in [5.41, 5.74) is 3.56. The minimum Gasteiger partial charge on any atom is -0.506 e. The Morgan fingerprint density at radius 3 is 2.16 bits per heavy atom. The van der Waals surface area contributed by atoms with Crippen molar-refractivity contribution in [1.29, 1.82) is 0 Å². The Hall–Kier alpha value is -3.72. The molecular weight excluding hydrogens is 524 g/mol. The molecule has 4 aromatic rings. The van der Waals surface area contributed by atoms with Gasteiger partial charge in [0.1, 0.15) is 17.6 Å². The average Bonchev–Trinajstić information content (AvgIpc) is 2.91. The average molecular weight is 553 g/mol. The third-order valence-electron chi connectivity index (χ3n) is 5.85. The maximum absolute atomic E-state index is 11.9. The molecule has 7 nitrogen and oxygen atoms in total. The molecule has 0 aliphatic rings. The number of aromatic hydroxyl groups is 1. The lowest BCUT2D eigenvalue weighted by molar-refractivity contribution is 0.0457. The smallest absolute Gasteiger partial charge is 0.229 e. The second-order valence-corrected chi connectivity index (χ2v) is 10.9. The number of sulfonamides is 1. The van der Waals surface area contributed by atoms with Gasteiger partial charge in [-0.25, -0.2) is 8.42 Å². The highest BCUT2D eigenvalue weighted by molar-refractivity contribution is 7.92. The van der Waals surface area contributed by atoms with Crippen molar-refractivity contribution in [2.24, 2.45) is 0 Å². The number of phenols is 1. The summed E-state index contributed by atoms with van der Waals surface area (Å²) in [5, 5.41) is 10.9. The van der Waals surface area contributed by atoms with E-state index in [0.29, 0.717) is 23.7 Å². The van der Waals surface area contributed by atoms with Gasteiger partial charge in [-0.05, 0) is 71.8 Å². The SMILES string of the molecule is COc1ccc(N(CC(OCc2ccccc2)c2ccc(O)c(NS(C)(=O)=O)c2)c2ccc(Cl)cc2)cc1. The van der Waals surface area contributed by atoms with Gasteiger partial charge >= 0.3 is 0 Å². The highest BCUT2D eigenvalue weighted by atomic mass is 35.5. The lowest BCUT2D eigenvalue weighted by Gasteiger charge is -2.30. The molecule has 0 bridgehead atoms. The van der Waals surface area contributed by atoms with Crippen molar-refractivity contribution in [1.82, 2.24) is 0 Å². The van der Waals surface area contributed by atoms with Gasteiger partial charge in [-0.3, -0.25) is 4.72 Å². The van der Waals surface area contributed by atoms with Gasteiger partial charge in [0.25, 0.3) is 0 Å². The standard InChI is InChI=1S/C29H29ClN2O5S/c1-36-26-15-13-25(14-16-26)32(24-11-9-23(30)10-12-24)19-29(37-20-21-6-4-3-5-7-21)22-8-17-28(33)27(18-22)31-38(2,34)35/h3-18,29,31,33H,19-20H2,1-2H3. The van der Waals surface area contributed by atoms with Crippen LogP contribution in [0.2, 0.25) is 5.02 Å². The Balaban J connectivity index is 1.74. The van der Waals surface area contributed by atoms with Crippen molar-refractivity contribution in [3.8, 4) is 11.5 Å². The number of ether oxygens (including phenoxy) is 2. The quantitative estimate of drug-likeness (QED) is 0.206. The first kappa shape index (κ1) is 27.3. The third kappa shape index (κ3) is 7.41. The van der Waals surface area contributed by atoms with Crippen LogP contribution in [-0.4, -0.2) is 33.4 Å². The Morgan fingerprint density at radius 1 is 0.921 bits per heavy atom. The van der Waals surface area contributed by atoms with E-state index >= 15 is 0 Å². The lowest BCUT2D eigenvalue weighted by Crippen LogP contribution is -2.26. The van der Waals surface area contributed by atoms with Gasteiger partial charge in [-0.15, -0.1) is 0 Å². The van der Waals surface area contributed by atoms with E-state index < -0.39 is 16.1 Å². The van der Waals surface area contributed by atoms with E-state index in [2.05, 4.69) is 9.62 Å². The number of rotatable bonds is 11. The number of hydrogen-bond acceptors (Lipinski definition) is 6. The summed E-state index contributed by atoms with van der Waals surface area (Å²) < 4.78 is 37.9. The first-order valence-corrected chi connectivity index (χ1v) is 14.1. The molecule has 0 heterocycles. The molecule has 0 aliphatic carbocycles. The highest BCUT2D eigenvalue weighted by Crippen LogP contribution is 2.34. The Bertz CT molecular complexity index is 1450. The number of hydrogen-bond donors (Lipinski definition) is 2. The molecule has 0 fully saturated rings. The molecule has 0 aromatic heterocycles. The Kier molecular flexibility index (Phi) is 8.78. The fraction of sp³-hybridized carbons (Fsp3) is 0.172. The zero-order chi connectivity index (χ0) is 27.1. The van der Waals surface area contributed by atoms with E-state index in [1.54, 1.807) is 19.2 Å². The Morgan fingerprint density at radius 2 is 1.55 bits per heavy atom. The number of phenolic OH excluding ortho intramolecular Hbond substituents is 1. The van der Waals surface area contributed by atoms with Crippen LogP contribution < -0.4 is 14.4 Å². The molecule has 0 spiro atoms. The normalized spacial score (nSPS) is 12.1. The van der Waals surface area contributed by atoms with Crippen LogP contribution >= 0.6 is 11.6 Å². The molecule has 0 saturated heterocycles. The molecule has 1 unspecified atom stereocenters. The summed E-state index contributed by atoms with van der Waals surface area (Å²) in [7, 11) is -1.99. The zero-order valence-electron chi connectivity index (χ0n) is 21.0. The van der Waals surface area contributed by atoms with Crippen LogP contribution in [0.3, 0.4) is 0 Å². The van der Waals surface area contributed by atoms with Gasteiger partial charge in [0.2, 0.25) is 10.0 Å². The van der Waals surface area contributed by atoms with Crippen molar-refractivity contribution in [3.05, 3.63) is 113 Å². The van der Waals surface area contributed by atoms with Crippen molar-refractivity contribution in [2.45, 2.75) is 12.7 Å². The van der Waals surface area contributed by atoms with Crippen molar-refractivity contribution < 1.29 is 23.0 Å². The van der Waals surface area contributed by atoms with Gasteiger partial charge < -0.3 is 19.5 Å². The van der Waals surface area contributed by atoms with Crippen molar-refractivity contribution in [3.63, 3.8) is 0 Å². The molecule has 1 atom stereocenters. The van der Waals surface area contributed by atoms with E-state index in [-0.39, 0.29) is 11.4 Å². The van der Waals surface area contributed by atoms with Gasteiger partial charge in [-0.1, -0.05) is 48.0 Å². The van der Waals surface area contributed by atoms with E-state index in [9.17, 15) is 13.5 Å². The number of halogens is 1. The van der Waals surface area contributed by atoms with Crippen LogP contribution in [0.4, 0.5) is 17.1 Å². The summed E-state index contributed by atoms with van der Waals surface area (Å²) in [6.07, 6.45) is 0.530. The molecule has 4 rings (SSSR count). The van der Waals surface area contributed by atoms with Crippen LogP contribution in [0.15, 0.2) is 97.1 Å². The van der Waals surface area contributed by atoms with Crippen molar-refractivity contribution >= 4 is 38.7 Å². The molecule has 0 aliphatic heterocycles. The van der Waals surface area contributed by atoms with Crippen LogP contribution in [0.25, 0.3) is 0 Å². The van der Waals surface area contributed by atoms with Crippen LogP contribution in [-0.2, 0) is 21.4 Å². The third-order valence-corrected chi connectivity index (χ3v) is 6.70. The van der Waals surface area contributed by atoms with Gasteiger partial charge in [0.05, 0.1) is 32.2 Å². The van der Waals surface area contributed by atoms with Gasteiger partial charge in [-0.2, -0.15) is 0 Å². The second-order valence-electron chi connectivity index (χ2n) is 8.72. The maximum Gasteiger partial charge on any atom is 0.229 e. The zero-order valence-corrected chi connectivity index (χ0v) is 22.6. The second kappa shape index (κ2) is 12.2. The number of nitrogens with one attached hydrogen (secondary N) is 1. The van der Waals surface area contributed by atoms with E-state index in [4.69, 9.17) is 21.1 Å². The number of nitrogens with zero attached hydrogens (tertiary/aromatic N) is 1. The van der Waals surface area contributed by atoms with E-state index in [0.717, 1.165) is 28.9 Å². The van der Waals surface area contributed by atoms with Crippen LogP contribution in [0.1, 0.15) is 17.2 Å². The molecular formula is C29H29ClN2O5S. The highest BCUT2D eigenvalue weighted by Gasteiger charge is 2.21. The molecule has 9 heteroatoms. The van der Waals surface area contributed by atoms with Crippen LogP contribution in [0.5, 0.6) is 11.5 Å². The molecule has 0 saturated carbocycles. The number of benzene rings is 4. The molecule has 0 radical (unpaired) electrons. The summed E-state index contributed by atoms with van der Waals surface area (Å²) in [5.74, 6) is 0.558. The topological polar surface area (TPSA) is 88.1 Å². The largest absolute Gasteiger partial charge is 0.506 e. The monoisotopic (exact) mass is 552 g/mol. The summed E-state index contributed by atoms with van der Waals surface area (Å²) >= 11 is 6.17. The number of methoxy groups -OCH3 is 1. The van der Waals surface area contributed by atoms with E-state index in [1.165, 1.54) is 6.07 Å².